The average Bonchev–Trinajstić information content (AvgIpc) is 2.89. The number of carbonyl (C=O) groups excluding carboxylic acids is 1. The Balaban J connectivity index is 2.25. The highest BCUT2D eigenvalue weighted by Gasteiger charge is 2.12. The van der Waals surface area contributed by atoms with Gasteiger partial charge in [-0.05, 0) is 25.1 Å². The SMILES string of the molecule is CC(O)CNC(=O)c1ccccc1-n1cccn1. The maximum Gasteiger partial charge on any atom is 0.253 e. The fourth-order valence-electron chi connectivity index (χ4n) is 1.61. The van der Waals surface area contributed by atoms with Gasteiger partial charge in [-0.25, -0.2) is 4.68 Å². The summed E-state index contributed by atoms with van der Waals surface area (Å²) < 4.78 is 1.64. The summed E-state index contributed by atoms with van der Waals surface area (Å²) in [4.78, 5) is 12.0. The van der Waals surface area contributed by atoms with Crippen LogP contribution in [0.5, 0.6) is 0 Å². The molecule has 2 rings (SSSR count). The summed E-state index contributed by atoms with van der Waals surface area (Å²) in [5.74, 6) is -0.220. The minimum Gasteiger partial charge on any atom is -0.392 e. The third kappa shape index (κ3) is 2.75. The standard InChI is InChI=1S/C13H15N3O2/c1-10(17)9-14-13(18)11-5-2-3-6-12(11)16-8-4-7-15-16/h2-8,10,17H,9H2,1H3,(H,14,18). The molecule has 0 bridgehead atoms. The van der Waals surface area contributed by atoms with Crippen LogP contribution >= 0.6 is 0 Å². The van der Waals surface area contributed by atoms with Gasteiger partial charge in [-0.15, -0.1) is 0 Å². The number of hydrogen-bond acceptors (Lipinski definition) is 3. The number of amides is 1. The summed E-state index contributed by atoms with van der Waals surface area (Å²) in [7, 11) is 0. The van der Waals surface area contributed by atoms with Crippen LogP contribution in [-0.4, -0.2) is 33.4 Å². The molecule has 1 amide bonds. The van der Waals surface area contributed by atoms with Gasteiger partial charge in [0.2, 0.25) is 0 Å². The third-order valence-corrected chi connectivity index (χ3v) is 2.46. The van der Waals surface area contributed by atoms with Crippen LogP contribution in [0.15, 0.2) is 42.7 Å². The van der Waals surface area contributed by atoms with E-state index in [0.29, 0.717) is 11.3 Å². The van der Waals surface area contributed by atoms with Gasteiger partial charge in [-0.3, -0.25) is 4.79 Å². The van der Waals surface area contributed by atoms with Gasteiger partial charge in [0, 0.05) is 18.9 Å². The Bertz CT molecular complexity index is 521. The van der Waals surface area contributed by atoms with Crippen molar-refractivity contribution in [2.24, 2.45) is 0 Å². The van der Waals surface area contributed by atoms with Gasteiger partial charge >= 0.3 is 0 Å². The summed E-state index contributed by atoms with van der Waals surface area (Å²) in [5.41, 5.74) is 1.24. The molecular weight excluding hydrogens is 230 g/mol. The summed E-state index contributed by atoms with van der Waals surface area (Å²) in [6.45, 7) is 1.85. The van der Waals surface area contributed by atoms with Gasteiger partial charge in [-0.1, -0.05) is 12.1 Å². The predicted octanol–water partition coefficient (Wildman–Crippen LogP) is 0.983. The zero-order valence-electron chi connectivity index (χ0n) is 10.1. The summed E-state index contributed by atoms with van der Waals surface area (Å²) >= 11 is 0. The first-order valence-electron chi connectivity index (χ1n) is 5.74. The number of aromatic nitrogens is 2. The Morgan fingerprint density at radius 2 is 2.22 bits per heavy atom. The van der Waals surface area contributed by atoms with Crippen molar-refractivity contribution in [1.82, 2.24) is 15.1 Å². The molecule has 5 heteroatoms. The van der Waals surface area contributed by atoms with E-state index < -0.39 is 6.10 Å². The van der Waals surface area contributed by atoms with Crippen LogP contribution in [0.4, 0.5) is 0 Å². The molecule has 1 aromatic heterocycles. The second-order valence-corrected chi connectivity index (χ2v) is 4.03. The number of hydrogen-bond donors (Lipinski definition) is 2. The van der Waals surface area contributed by atoms with Crippen LogP contribution in [0, 0.1) is 0 Å². The minimum absolute atomic E-state index is 0.220. The van der Waals surface area contributed by atoms with Crippen LogP contribution in [0.1, 0.15) is 17.3 Å². The van der Waals surface area contributed by atoms with Gasteiger partial charge in [0.15, 0.2) is 0 Å². The topological polar surface area (TPSA) is 67.2 Å². The molecule has 0 aliphatic rings. The maximum absolute atomic E-state index is 12.0. The highest BCUT2D eigenvalue weighted by molar-refractivity contribution is 5.97. The molecule has 1 atom stereocenters. The van der Waals surface area contributed by atoms with E-state index in [9.17, 15) is 4.79 Å². The van der Waals surface area contributed by atoms with Crippen LogP contribution in [0.2, 0.25) is 0 Å². The van der Waals surface area contributed by atoms with Crippen molar-refractivity contribution in [3.8, 4) is 5.69 Å². The number of aliphatic hydroxyl groups excluding tert-OH is 1. The summed E-state index contributed by atoms with van der Waals surface area (Å²) in [6.07, 6.45) is 2.87. The zero-order chi connectivity index (χ0) is 13.0. The molecule has 0 radical (unpaired) electrons. The lowest BCUT2D eigenvalue weighted by Crippen LogP contribution is -2.31. The zero-order valence-corrected chi connectivity index (χ0v) is 10.1. The lowest BCUT2D eigenvalue weighted by Gasteiger charge is -2.11. The van der Waals surface area contributed by atoms with Crippen LogP contribution < -0.4 is 5.32 Å². The van der Waals surface area contributed by atoms with Crippen molar-refractivity contribution in [2.45, 2.75) is 13.0 Å². The first kappa shape index (κ1) is 12.3. The highest BCUT2D eigenvalue weighted by atomic mass is 16.3. The van der Waals surface area contributed by atoms with E-state index in [1.54, 1.807) is 42.2 Å². The molecule has 18 heavy (non-hydrogen) atoms. The van der Waals surface area contributed by atoms with E-state index in [4.69, 9.17) is 5.11 Å². The first-order chi connectivity index (χ1) is 8.68. The van der Waals surface area contributed by atoms with E-state index in [2.05, 4.69) is 10.4 Å². The minimum atomic E-state index is -0.564. The number of para-hydroxylation sites is 1. The van der Waals surface area contributed by atoms with Gasteiger partial charge in [0.1, 0.15) is 0 Å². The van der Waals surface area contributed by atoms with E-state index >= 15 is 0 Å². The largest absolute Gasteiger partial charge is 0.392 e. The number of aliphatic hydroxyl groups is 1. The van der Waals surface area contributed by atoms with Crippen molar-refractivity contribution in [1.29, 1.82) is 0 Å². The summed E-state index contributed by atoms with van der Waals surface area (Å²) in [6, 6.07) is 9.00. The van der Waals surface area contributed by atoms with Crippen molar-refractivity contribution in [3.63, 3.8) is 0 Å². The number of nitrogens with one attached hydrogen (secondary N) is 1. The second kappa shape index (κ2) is 5.46. The number of carbonyl (C=O) groups is 1. The van der Waals surface area contributed by atoms with E-state index in [-0.39, 0.29) is 12.5 Å². The molecule has 0 saturated carbocycles. The molecule has 2 aromatic rings. The normalized spacial score (nSPS) is 12.1. The van der Waals surface area contributed by atoms with Crippen LogP contribution in [0.3, 0.4) is 0 Å². The van der Waals surface area contributed by atoms with Gasteiger partial charge in [0.05, 0.1) is 17.4 Å². The van der Waals surface area contributed by atoms with Crippen LogP contribution in [0.25, 0.3) is 5.69 Å². The van der Waals surface area contributed by atoms with Crippen LogP contribution in [-0.2, 0) is 0 Å². The molecular formula is C13H15N3O2. The molecule has 0 saturated heterocycles. The highest BCUT2D eigenvalue weighted by Crippen LogP contribution is 2.13. The Labute approximate surface area is 105 Å². The lowest BCUT2D eigenvalue weighted by atomic mass is 10.1. The van der Waals surface area contributed by atoms with Gasteiger partial charge < -0.3 is 10.4 Å². The molecule has 94 valence electrons. The monoisotopic (exact) mass is 245 g/mol. The maximum atomic E-state index is 12.0. The number of benzene rings is 1. The molecule has 1 aromatic carbocycles. The van der Waals surface area contributed by atoms with E-state index in [1.807, 2.05) is 12.1 Å². The van der Waals surface area contributed by atoms with E-state index in [1.165, 1.54) is 0 Å². The molecule has 1 unspecified atom stereocenters. The lowest BCUT2D eigenvalue weighted by molar-refractivity contribution is 0.0924. The molecule has 0 spiro atoms. The number of nitrogens with zero attached hydrogens (tertiary/aromatic N) is 2. The molecule has 0 aliphatic heterocycles. The van der Waals surface area contributed by atoms with Gasteiger partial charge in [-0.2, -0.15) is 5.10 Å². The third-order valence-electron chi connectivity index (χ3n) is 2.46. The van der Waals surface area contributed by atoms with Crippen molar-refractivity contribution in [3.05, 3.63) is 48.3 Å². The molecule has 1 heterocycles. The first-order valence-corrected chi connectivity index (χ1v) is 5.74. The Morgan fingerprint density at radius 3 is 2.89 bits per heavy atom. The van der Waals surface area contributed by atoms with Gasteiger partial charge in [0.25, 0.3) is 5.91 Å². The molecule has 5 nitrogen and oxygen atoms in total. The second-order valence-electron chi connectivity index (χ2n) is 4.03. The molecule has 0 aliphatic carbocycles. The van der Waals surface area contributed by atoms with Crippen molar-refractivity contribution < 1.29 is 9.90 Å². The number of rotatable bonds is 4. The van der Waals surface area contributed by atoms with E-state index in [0.717, 1.165) is 0 Å². The summed E-state index contributed by atoms with van der Waals surface area (Å²) in [5, 5.41) is 16.0. The van der Waals surface area contributed by atoms with Crippen molar-refractivity contribution >= 4 is 5.91 Å². The fourth-order valence-corrected chi connectivity index (χ4v) is 1.61. The fraction of sp³-hybridized carbons (Fsp3) is 0.231. The Hall–Kier alpha value is -2.14. The molecule has 2 N–H and O–H groups in total. The van der Waals surface area contributed by atoms with Crippen molar-refractivity contribution in [2.75, 3.05) is 6.54 Å². The molecule has 0 fully saturated rings. The smallest absolute Gasteiger partial charge is 0.253 e. The Morgan fingerprint density at radius 1 is 1.44 bits per heavy atom. The average molecular weight is 245 g/mol. The quantitative estimate of drug-likeness (QED) is 0.844. The Kier molecular flexibility index (Phi) is 3.74. The predicted molar refractivity (Wildman–Crippen MR) is 67.6 cm³/mol.